The van der Waals surface area contributed by atoms with Crippen LogP contribution in [0.5, 0.6) is 11.5 Å². The van der Waals surface area contributed by atoms with E-state index in [1.165, 1.54) is 14.2 Å². The Labute approximate surface area is 188 Å². The number of ether oxygens (including phenoxy) is 3. The maximum Gasteiger partial charge on any atom is 0.338 e. The number of hydrogen-bond acceptors (Lipinski definition) is 6. The van der Waals surface area contributed by atoms with E-state index in [2.05, 4.69) is 15.5 Å². The van der Waals surface area contributed by atoms with Gasteiger partial charge in [-0.1, -0.05) is 43.3 Å². The lowest BCUT2D eigenvalue weighted by molar-refractivity contribution is -0.136. The number of hydrogen-bond donors (Lipinski definition) is 2. The standard InChI is InChI=1S/C24H29N3O5/c1-5-27(14-16-9-7-6-8-10-16)15-18-21(23(28)32-4)22(26-24(29)25-18)17-11-12-19(30-2)20(13-17)31-3/h6-13,22H,5,14-15H2,1-4H3,(H2,25,26,29)/t22-/m0/s1. The van der Waals surface area contributed by atoms with Gasteiger partial charge in [0.2, 0.25) is 0 Å². The highest BCUT2D eigenvalue weighted by molar-refractivity contribution is 5.95. The third kappa shape index (κ3) is 5.20. The number of carbonyl (C=O) groups excluding carboxylic acids is 2. The molecule has 1 aliphatic rings. The van der Waals surface area contributed by atoms with Crippen LogP contribution in [0.1, 0.15) is 24.1 Å². The number of urea groups is 1. The topological polar surface area (TPSA) is 89.1 Å². The van der Waals surface area contributed by atoms with E-state index in [4.69, 9.17) is 14.2 Å². The normalized spacial score (nSPS) is 15.8. The molecule has 0 saturated heterocycles. The summed E-state index contributed by atoms with van der Waals surface area (Å²) >= 11 is 0. The maximum absolute atomic E-state index is 12.8. The van der Waals surface area contributed by atoms with Crippen molar-refractivity contribution in [2.75, 3.05) is 34.4 Å². The summed E-state index contributed by atoms with van der Waals surface area (Å²) in [5.41, 5.74) is 2.69. The molecule has 0 radical (unpaired) electrons. The van der Waals surface area contributed by atoms with Gasteiger partial charge in [0.05, 0.1) is 32.9 Å². The molecule has 0 aromatic heterocycles. The Morgan fingerprint density at radius 3 is 2.34 bits per heavy atom. The minimum absolute atomic E-state index is 0.353. The first-order valence-corrected chi connectivity index (χ1v) is 10.4. The highest BCUT2D eigenvalue weighted by Gasteiger charge is 2.34. The van der Waals surface area contributed by atoms with E-state index in [9.17, 15) is 9.59 Å². The number of esters is 1. The molecule has 8 heteroatoms. The van der Waals surface area contributed by atoms with Crippen LogP contribution >= 0.6 is 0 Å². The molecule has 2 amide bonds. The van der Waals surface area contributed by atoms with Crippen LogP contribution in [-0.4, -0.2) is 51.3 Å². The number of likely N-dealkylation sites (N-methyl/N-ethyl adjacent to an activating group) is 1. The fraction of sp³-hybridized carbons (Fsp3) is 0.333. The number of amides is 2. The zero-order valence-electron chi connectivity index (χ0n) is 18.8. The van der Waals surface area contributed by atoms with Gasteiger partial charge in [0.25, 0.3) is 0 Å². The van der Waals surface area contributed by atoms with Gasteiger partial charge >= 0.3 is 12.0 Å². The Hall–Kier alpha value is -3.52. The third-order valence-electron chi connectivity index (χ3n) is 5.38. The van der Waals surface area contributed by atoms with Gasteiger partial charge in [0.15, 0.2) is 11.5 Å². The van der Waals surface area contributed by atoms with E-state index >= 15 is 0 Å². The van der Waals surface area contributed by atoms with Crippen LogP contribution in [0.25, 0.3) is 0 Å². The predicted molar refractivity (Wildman–Crippen MR) is 120 cm³/mol. The second-order valence-corrected chi connectivity index (χ2v) is 7.32. The highest BCUT2D eigenvalue weighted by atomic mass is 16.5. The summed E-state index contributed by atoms with van der Waals surface area (Å²) in [6.45, 7) is 3.83. The zero-order valence-corrected chi connectivity index (χ0v) is 18.8. The van der Waals surface area contributed by atoms with Crippen LogP contribution in [0.3, 0.4) is 0 Å². The predicted octanol–water partition coefficient (Wildman–Crippen LogP) is 3.01. The molecule has 0 spiro atoms. The monoisotopic (exact) mass is 439 g/mol. The molecule has 1 atom stereocenters. The van der Waals surface area contributed by atoms with Crippen molar-refractivity contribution in [2.45, 2.75) is 19.5 Å². The number of methoxy groups -OCH3 is 3. The second-order valence-electron chi connectivity index (χ2n) is 7.32. The molecule has 0 aliphatic carbocycles. The second kappa shape index (κ2) is 10.7. The lowest BCUT2D eigenvalue weighted by Crippen LogP contribution is -2.48. The van der Waals surface area contributed by atoms with E-state index < -0.39 is 12.0 Å². The number of benzene rings is 2. The molecule has 0 saturated carbocycles. The Bertz CT molecular complexity index is 990. The summed E-state index contributed by atoms with van der Waals surface area (Å²) in [5, 5.41) is 5.65. The molecule has 8 nitrogen and oxygen atoms in total. The fourth-order valence-electron chi connectivity index (χ4n) is 3.72. The van der Waals surface area contributed by atoms with Crippen LogP contribution < -0.4 is 20.1 Å². The van der Waals surface area contributed by atoms with Crippen molar-refractivity contribution in [3.05, 3.63) is 70.9 Å². The van der Waals surface area contributed by atoms with E-state index in [-0.39, 0.29) is 6.03 Å². The first kappa shape index (κ1) is 23.1. The Kier molecular flexibility index (Phi) is 7.72. The summed E-state index contributed by atoms with van der Waals surface area (Å²) in [7, 11) is 4.41. The lowest BCUT2D eigenvalue weighted by atomic mass is 9.94. The summed E-state index contributed by atoms with van der Waals surface area (Å²) in [5.74, 6) is 0.547. The number of nitrogens with zero attached hydrogens (tertiary/aromatic N) is 1. The number of carbonyl (C=O) groups is 2. The van der Waals surface area contributed by atoms with Gasteiger partial charge in [-0.05, 0) is 29.8 Å². The fourth-order valence-corrected chi connectivity index (χ4v) is 3.72. The van der Waals surface area contributed by atoms with Crippen molar-refractivity contribution in [3.63, 3.8) is 0 Å². The smallest absolute Gasteiger partial charge is 0.338 e. The van der Waals surface area contributed by atoms with Crippen LogP contribution in [0.2, 0.25) is 0 Å². The van der Waals surface area contributed by atoms with Crippen molar-refractivity contribution in [3.8, 4) is 11.5 Å². The Morgan fingerprint density at radius 1 is 1.00 bits per heavy atom. The minimum Gasteiger partial charge on any atom is -0.493 e. The van der Waals surface area contributed by atoms with Gasteiger partial charge in [-0.25, -0.2) is 9.59 Å². The first-order valence-electron chi connectivity index (χ1n) is 10.4. The van der Waals surface area contributed by atoms with Crippen molar-refractivity contribution in [1.82, 2.24) is 15.5 Å². The average molecular weight is 440 g/mol. The van der Waals surface area contributed by atoms with E-state index in [0.717, 1.165) is 12.1 Å². The summed E-state index contributed by atoms with van der Waals surface area (Å²) in [6.07, 6.45) is 0. The lowest BCUT2D eigenvalue weighted by Gasteiger charge is -2.32. The molecule has 1 aliphatic heterocycles. The zero-order chi connectivity index (χ0) is 23.1. The van der Waals surface area contributed by atoms with Gasteiger partial charge < -0.3 is 24.8 Å². The van der Waals surface area contributed by atoms with Crippen molar-refractivity contribution in [2.24, 2.45) is 0 Å². The first-order chi connectivity index (χ1) is 15.5. The molecule has 2 N–H and O–H groups in total. The van der Waals surface area contributed by atoms with Gasteiger partial charge in [-0.3, -0.25) is 4.90 Å². The minimum atomic E-state index is -0.693. The quantitative estimate of drug-likeness (QED) is 0.584. The van der Waals surface area contributed by atoms with Gasteiger partial charge in [-0.2, -0.15) is 0 Å². The molecule has 2 aromatic rings. The van der Waals surface area contributed by atoms with Gasteiger partial charge in [0.1, 0.15) is 0 Å². The molecule has 3 rings (SSSR count). The molecule has 32 heavy (non-hydrogen) atoms. The Morgan fingerprint density at radius 2 is 1.72 bits per heavy atom. The molecule has 1 heterocycles. The molecule has 2 aromatic carbocycles. The van der Waals surface area contributed by atoms with Crippen LogP contribution in [0.4, 0.5) is 4.79 Å². The van der Waals surface area contributed by atoms with E-state index in [1.54, 1.807) is 25.3 Å². The van der Waals surface area contributed by atoms with Crippen molar-refractivity contribution >= 4 is 12.0 Å². The maximum atomic E-state index is 12.8. The van der Waals surface area contributed by atoms with Crippen LogP contribution in [0.15, 0.2) is 59.8 Å². The van der Waals surface area contributed by atoms with Crippen molar-refractivity contribution in [1.29, 1.82) is 0 Å². The summed E-state index contributed by atoms with van der Waals surface area (Å²) in [4.78, 5) is 27.5. The molecular formula is C24H29N3O5. The summed E-state index contributed by atoms with van der Waals surface area (Å²) < 4.78 is 15.8. The molecule has 170 valence electrons. The Balaban J connectivity index is 1.99. The van der Waals surface area contributed by atoms with Gasteiger partial charge in [0, 0.05) is 18.8 Å². The molecule has 0 fully saturated rings. The van der Waals surface area contributed by atoms with Crippen LogP contribution in [-0.2, 0) is 16.1 Å². The van der Waals surface area contributed by atoms with Crippen LogP contribution in [0, 0.1) is 0 Å². The number of nitrogens with one attached hydrogen (secondary N) is 2. The highest BCUT2D eigenvalue weighted by Crippen LogP contribution is 2.34. The molecular weight excluding hydrogens is 410 g/mol. The van der Waals surface area contributed by atoms with E-state index in [1.807, 2.05) is 37.3 Å². The average Bonchev–Trinajstić information content (AvgIpc) is 2.82. The summed E-state index contributed by atoms with van der Waals surface area (Å²) in [6, 6.07) is 14.2. The molecule has 0 bridgehead atoms. The van der Waals surface area contributed by atoms with Crippen molar-refractivity contribution < 1.29 is 23.8 Å². The van der Waals surface area contributed by atoms with E-state index in [0.29, 0.717) is 41.4 Å². The largest absolute Gasteiger partial charge is 0.493 e. The number of rotatable bonds is 9. The third-order valence-corrected chi connectivity index (χ3v) is 5.38. The SMILES string of the molecule is CCN(CC1=C(C(=O)OC)[C@H](c2ccc(OC)c(OC)c2)NC(=O)N1)Cc1ccccc1. The van der Waals surface area contributed by atoms with Gasteiger partial charge in [-0.15, -0.1) is 0 Å². The molecule has 0 unspecified atom stereocenters.